The minimum atomic E-state index is -0.436. The van der Waals surface area contributed by atoms with E-state index in [0.717, 1.165) is 17.7 Å². The number of ether oxygens (including phenoxy) is 2. The summed E-state index contributed by atoms with van der Waals surface area (Å²) in [7, 11) is 1.58. The van der Waals surface area contributed by atoms with E-state index in [-0.39, 0.29) is 5.91 Å². The van der Waals surface area contributed by atoms with E-state index in [1.165, 1.54) is 46.2 Å². The zero-order valence-electron chi connectivity index (χ0n) is 15.5. The molecule has 6 heteroatoms. The summed E-state index contributed by atoms with van der Waals surface area (Å²) < 4.78 is 24.3. The number of amides is 1. The zero-order valence-corrected chi connectivity index (χ0v) is 16.3. The zero-order chi connectivity index (χ0) is 19.5. The number of nitrogens with one attached hydrogen (secondary N) is 1. The molecule has 0 atom stereocenters. The van der Waals surface area contributed by atoms with Gasteiger partial charge in [-0.1, -0.05) is 24.3 Å². The van der Waals surface area contributed by atoms with Crippen molar-refractivity contribution >= 4 is 22.9 Å². The van der Waals surface area contributed by atoms with Gasteiger partial charge in [0.2, 0.25) is 0 Å². The Hall–Kier alpha value is -2.70. The summed E-state index contributed by atoms with van der Waals surface area (Å²) in [5.74, 6) is -0.286. The third kappa shape index (κ3) is 3.79. The smallest absolute Gasteiger partial charge is 0.265 e. The molecule has 1 aliphatic rings. The van der Waals surface area contributed by atoms with Crippen LogP contribution in [0.5, 0.6) is 5.75 Å². The molecule has 144 valence electrons. The number of hydrogen-bond acceptors (Lipinski definition) is 4. The van der Waals surface area contributed by atoms with Gasteiger partial charge in [0, 0.05) is 18.1 Å². The third-order valence-electron chi connectivity index (χ3n) is 4.69. The van der Waals surface area contributed by atoms with E-state index in [1.807, 2.05) is 18.2 Å². The molecule has 0 radical (unpaired) electrons. The van der Waals surface area contributed by atoms with Gasteiger partial charge in [-0.15, -0.1) is 11.3 Å². The maximum absolute atomic E-state index is 13.7. The van der Waals surface area contributed by atoms with E-state index in [2.05, 4.69) is 17.4 Å². The van der Waals surface area contributed by atoms with Crippen molar-refractivity contribution in [1.82, 2.24) is 0 Å². The molecular weight excluding hydrogens is 377 g/mol. The largest absolute Gasteiger partial charge is 0.489 e. The van der Waals surface area contributed by atoms with Crippen LogP contribution in [0.4, 0.5) is 10.1 Å². The first-order valence-corrected chi connectivity index (χ1v) is 9.91. The van der Waals surface area contributed by atoms with Crippen LogP contribution in [0.15, 0.2) is 48.5 Å². The lowest BCUT2D eigenvalue weighted by Gasteiger charge is -2.15. The Morgan fingerprint density at radius 1 is 1.11 bits per heavy atom. The van der Waals surface area contributed by atoms with E-state index in [0.29, 0.717) is 29.5 Å². The van der Waals surface area contributed by atoms with E-state index >= 15 is 0 Å². The predicted octanol–water partition coefficient (Wildman–Crippen LogP) is 4.93. The Bertz CT molecular complexity index is 1010. The Labute approximate surface area is 166 Å². The summed E-state index contributed by atoms with van der Waals surface area (Å²) in [6.07, 6.45) is 1.89. The van der Waals surface area contributed by atoms with E-state index in [4.69, 9.17) is 9.47 Å². The van der Waals surface area contributed by atoms with Crippen LogP contribution in [-0.4, -0.2) is 26.2 Å². The van der Waals surface area contributed by atoms with Gasteiger partial charge < -0.3 is 14.8 Å². The lowest BCUT2D eigenvalue weighted by molar-refractivity contribution is 0.102. The number of carbonyl (C=O) groups excluding carboxylic acids is 1. The minimum Gasteiger partial charge on any atom is -0.489 e. The molecule has 0 aliphatic heterocycles. The van der Waals surface area contributed by atoms with Crippen molar-refractivity contribution in [2.75, 3.05) is 25.6 Å². The van der Waals surface area contributed by atoms with E-state index < -0.39 is 5.82 Å². The van der Waals surface area contributed by atoms with Crippen molar-refractivity contribution < 1.29 is 18.7 Å². The van der Waals surface area contributed by atoms with Crippen molar-refractivity contribution in [3.8, 4) is 16.2 Å². The monoisotopic (exact) mass is 397 g/mol. The summed E-state index contributed by atoms with van der Waals surface area (Å²) in [5.41, 5.74) is 4.00. The molecule has 1 amide bonds. The molecule has 0 saturated heterocycles. The van der Waals surface area contributed by atoms with Crippen LogP contribution in [0.1, 0.15) is 20.8 Å². The summed E-state index contributed by atoms with van der Waals surface area (Å²) >= 11 is 1.47. The Morgan fingerprint density at radius 3 is 2.79 bits per heavy atom. The number of methoxy groups -OCH3 is 1. The number of thiophene rings is 1. The third-order valence-corrected chi connectivity index (χ3v) is 5.90. The summed E-state index contributed by atoms with van der Waals surface area (Å²) in [4.78, 5) is 14.6. The molecule has 4 nitrogen and oxygen atoms in total. The average molecular weight is 397 g/mol. The van der Waals surface area contributed by atoms with Gasteiger partial charge in [-0.2, -0.15) is 0 Å². The molecule has 4 rings (SSSR count). The first-order chi connectivity index (χ1) is 13.7. The van der Waals surface area contributed by atoms with Crippen LogP contribution in [0.2, 0.25) is 0 Å². The predicted molar refractivity (Wildman–Crippen MR) is 109 cm³/mol. The van der Waals surface area contributed by atoms with Crippen LogP contribution in [0.3, 0.4) is 0 Å². The highest BCUT2D eigenvalue weighted by molar-refractivity contribution is 7.17. The van der Waals surface area contributed by atoms with Crippen molar-refractivity contribution in [3.63, 3.8) is 0 Å². The number of fused-ring (bicyclic) bond motifs is 3. The maximum atomic E-state index is 13.7. The molecule has 1 N–H and O–H groups in total. The molecule has 0 bridgehead atoms. The highest BCUT2D eigenvalue weighted by atomic mass is 32.1. The first-order valence-electron chi connectivity index (χ1n) is 9.09. The van der Waals surface area contributed by atoms with Crippen molar-refractivity contribution in [2.45, 2.75) is 12.8 Å². The quantitative estimate of drug-likeness (QED) is 0.600. The van der Waals surface area contributed by atoms with Gasteiger partial charge in [0.15, 0.2) is 0 Å². The van der Waals surface area contributed by atoms with Crippen LogP contribution in [-0.2, 0) is 17.6 Å². The molecular formula is C22H20FNO3S. The highest BCUT2D eigenvalue weighted by Crippen LogP contribution is 2.40. The molecule has 0 spiro atoms. The molecule has 1 heterocycles. The van der Waals surface area contributed by atoms with Gasteiger partial charge in [-0.3, -0.25) is 4.79 Å². The second-order valence-corrected chi connectivity index (χ2v) is 7.61. The van der Waals surface area contributed by atoms with Crippen molar-refractivity contribution in [1.29, 1.82) is 0 Å². The van der Waals surface area contributed by atoms with Crippen LogP contribution >= 0.6 is 11.3 Å². The summed E-state index contributed by atoms with van der Waals surface area (Å²) in [6.45, 7) is 0.719. The van der Waals surface area contributed by atoms with Gasteiger partial charge in [-0.25, -0.2) is 4.39 Å². The molecule has 2 aromatic carbocycles. The standard InChI is InChI=1S/C22H20FNO3S/c1-26-10-11-27-19-9-8-16(23)13-18(19)24-22(25)20-12-15-7-6-14-4-2-3-5-17(14)21(15)28-20/h2-5,8-9,12-13H,6-7,10-11H2,1H3,(H,24,25). The van der Waals surface area contributed by atoms with Gasteiger partial charge in [0.1, 0.15) is 18.2 Å². The Morgan fingerprint density at radius 2 is 1.93 bits per heavy atom. The number of rotatable bonds is 6. The molecule has 28 heavy (non-hydrogen) atoms. The van der Waals surface area contributed by atoms with Crippen LogP contribution in [0.25, 0.3) is 10.4 Å². The minimum absolute atomic E-state index is 0.265. The number of carbonyl (C=O) groups is 1. The molecule has 3 aromatic rings. The fraction of sp³-hybridized carbons (Fsp3) is 0.227. The average Bonchev–Trinajstić information content (AvgIpc) is 3.15. The lowest BCUT2D eigenvalue weighted by Crippen LogP contribution is -2.13. The molecule has 0 fully saturated rings. The fourth-order valence-electron chi connectivity index (χ4n) is 3.33. The van der Waals surface area contributed by atoms with Crippen LogP contribution < -0.4 is 10.1 Å². The summed E-state index contributed by atoms with van der Waals surface area (Å²) in [5, 5.41) is 2.79. The van der Waals surface area contributed by atoms with Crippen LogP contribution in [0, 0.1) is 5.82 Å². The maximum Gasteiger partial charge on any atom is 0.265 e. The SMILES string of the molecule is COCCOc1ccc(F)cc1NC(=O)c1cc2c(s1)-c1ccccc1CC2. The lowest BCUT2D eigenvalue weighted by atomic mass is 9.91. The first kappa shape index (κ1) is 18.7. The molecule has 1 aliphatic carbocycles. The topological polar surface area (TPSA) is 47.6 Å². The normalized spacial score (nSPS) is 12.2. The molecule has 0 unspecified atom stereocenters. The summed E-state index contributed by atoms with van der Waals surface area (Å²) in [6, 6.07) is 14.3. The van der Waals surface area contributed by atoms with Crippen molar-refractivity contribution in [3.05, 3.63) is 70.4 Å². The highest BCUT2D eigenvalue weighted by Gasteiger charge is 2.22. The van der Waals surface area contributed by atoms with Gasteiger partial charge >= 0.3 is 0 Å². The second kappa shape index (κ2) is 8.12. The van der Waals surface area contributed by atoms with Gasteiger partial charge in [0.05, 0.1) is 17.2 Å². The van der Waals surface area contributed by atoms with Crippen molar-refractivity contribution in [2.24, 2.45) is 0 Å². The molecule has 1 aromatic heterocycles. The Kier molecular flexibility index (Phi) is 5.41. The number of hydrogen-bond donors (Lipinski definition) is 1. The number of halogens is 1. The van der Waals surface area contributed by atoms with E-state index in [9.17, 15) is 9.18 Å². The number of aryl methyl sites for hydroxylation is 2. The number of anilines is 1. The second-order valence-electron chi connectivity index (χ2n) is 6.56. The fourth-order valence-corrected chi connectivity index (χ4v) is 4.49. The van der Waals surface area contributed by atoms with Gasteiger partial charge in [0.25, 0.3) is 5.91 Å². The molecule has 0 saturated carbocycles. The Balaban J connectivity index is 1.57. The van der Waals surface area contributed by atoms with Gasteiger partial charge in [-0.05, 0) is 47.7 Å². The van der Waals surface area contributed by atoms with E-state index in [1.54, 1.807) is 7.11 Å². The number of benzene rings is 2.